The third-order valence-corrected chi connectivity index (χ3v) is 3.19. The second-order valence-electron chi connectivity index (χ2n) is 3.34. The van der Waals surface area contributed by atoms with Crippen LogP contribution in [0.2, 0.25) is 0 Å². The minimum Gasteiger partial charge on any atom is -0.298 e. The van der Waals surface area contributed by atoms with E-state index < -0.39 is 0 Å². The summed E-state index contributed by atoms with van der Waals surface area (Å²) >= 11 is 3.43. The average molecular weight is 255 g/mol. The predicted molar refractivity (Wildman–Crippen MR) is 59.2 cm³/mol. The van der Waals surface area contributed by atoms with Crippen LogP contribution in [0.5, 0.6) is 0 Å². The fraction of sp³-hybridized carbons (Fsp3) is 0.300. The topological polar surface area (TPSA) is 32.3 Å². The number of benzene rings is 1. The lowest BCUT2D eigenvalue weighted by atomic mass is 10.2. The molecule has 0 bridgehead atoms. The Labute approximate surface area is 91.2 Å². The quantitative estimate of drug-likeness (QED) is 0.827. The van der Waals surface area contributed by atoms with Gasteiger partial charge in [0.15, 0.2) is 0 Å². The number of hydrogen-bond acceptors (Lipinski definition) is 2. The Kier molecular flexibility index (Phi) is 2.56. The molecule has 1 fully saturated rings. The molecular formula is C10H11BrN2O. The van der Waals surface area contributed by atoms with Gasteiger partial charge in [-0.15, -0.1) is 0 Å². The highest BCUT2D eigenvalue weighted by molar-refractivity contribution is 9.10. The molecule has 0 aromatic heterocycles. The highest BCUT2D eigenvalue weighted by atomic mass is 79.9. The van der Waals surface area contributed by atoms with Crippen molar-refractivity contribution in [2.75, 3.05) is 18.1 Å². The molecule has 3 nitrogen and oxygen atoms in total. The molecule has 1 aliphatic heterocycles. The van der Waals surface area contributed by atoms with Crippen molar-refractivity contribution >= 4 is 27.5 Å². The summed E-state index contributed by atoms with van der Waals surface area (Å²) in [6, 6.07) is 5.92. The molecule has 0 unspecified atom stereocenters. The highest BCUT2D eigenvalue weighted by Crippen LogP contribution is 2.23. The second-order valence-corrected chi connectivity index (χ2v) is 4.19. The van der Waals surface area contributed by atoms with Crippen LogP contribution in [-0.4, -0.2) is 19.1 Å². The molecule has 1 amide bonds. The van der Waals surface area contributed by atoms with Gasteiger partial charge >= 0.3 is 0 Å². The van der Waals surface area contributed by atoms with Gasteiger partial charge in [-0.3, -0.25) is 15.0 Å². The summed E-state index contributed by atoms with van der Waals surface area (Å²) in [7, 11) is 0. The lowest BCUT2D eigenvalue weighted by molar-refractivity contribution is -0.116. The Bertz CT molecular complexity index is 378. The first-order chi connectivity index (χ1) is 6.68. The molecule has 0 radical (unpaired) electrons. The van der Waals surface area contributed by atoms with Gasteiger partial charge in [0, 0.05) is 10.2 Å². The van der Waals surface area contributed by atoms with Crippen LogP contribution in [0.25, 0.3) is 0 Å². The number of carbonyl (C=O) groups excluding carboxylic acids is 1. The fourth-order valence-electron chi connectivity index (χ4n) is 1.49. The van der Waals surface area contributed by atoms with Gasteiger partial charge in [-0.2, -0.15) is 0 Å². The van der Waals surface area contributed by atoms with E-state index in [1.807, 2.05) is 25.1 Å². The lowest BCUT2D eigenvalue weighted by Crippen LogP contribution is -2.25. The standard InChI is InChI=1S/C10H11BrN2O/c1-7-4-8(2-3-9(7)11)13-6-12-5-10(13)14/h2-4,12H,5-6H2,1H3. The number of nitrogens with zero attached hydrogens (tertiary/aromatic N) is 1. The molecule has 14 heavy (non-hydrogen) atoms. The molecule has 0 spiro atoms. The SMILES string of the molecule is Cc1cc(N2CNCC2=O)ccc1Br. The molecule has 1 aromatic rings. The Hall–Kier alpha value is -0.870. The minimum atomic E-state index is 0.131. The molecule has 1 saturated heterocycles. The molecule has 74 valence electrons. The molecule has 0 atom stereocenters. The number of rotatable bonds is 1. The number of carbonyl (C=O) groups is 1. The molecule has 1 aliphatic rings. The summed E-state index contributed by atoms with van der Waals surface area (Å²) in [4.78, 5) is 13.2. The summed E-state index contributed by atoms with van der Waals surface area (Å²) in [5.74, 6) is 0.131. The Morgan fingerprint density at radius 1 is 1.50 bits per heavy atom. The number of amides is 1. The molecule has 0 saturated carbocycles. The minimum absolute atomic E-state index is 0.131. The largest absolute Gasteiger partial charge is 0.298 e. The summed E-state index contributed by atoms with van der Waals surface area (Å²) in [6.45, 7) is 3.07. The normalized spacial score (nSPS) is 16.4. The zero-order valence-electron chi connectivity index (χ0n) is 7.88. The van der Waals surface area contributed by atoms with E-state index in [0.717, 1.165) is 15.7 Å². The van der Waals surface area contributed by atoms with Crippen molar-refractivity contribution in [1.29, 1.82) is 0 Å². The maximum absolute atomic E-state index is 11.4. The molecular weight excluding hydrogens is 244 g/mol. The van der Waals surface area contributed by atoms with E-state index in [2.05, 4.69) is 21.2 Å². The number of hydrogen-bond donors (Lipinski definition) is 1. The summed E-state index contributed by atoms with van der Waals surface area (Å²) in [6.07, 6.45) is 0. The van der Waals surface area contributed by atoms with E-state index in [-0.39, 0.29) is 5.91 Å². The van der Waals surface area contributed by atoms with E-state index >= 15 is 0 Å². The van der Waals surface area contributed by atoms with Crippen LogP contribution in [-0.2, 0) is 4.79 Å². The monoisotopic (exact) mass is 254 g/mol. The highest BCUT2D eigenvalue weighted by Gasteiger charge is 2.21. The van der Waals surface area contributed by atoms with Crippen molar-refractivity contribution in [2.45, 2.75) is 6.92 Å². The number of anilines is 1. The maximum Gasteiger partial charge on any atom is 0.242 e. The smallest absolute Gasteiger partial charge is 0.242 e. The number of halogens is 1. The molecule has 0 aliphatic carbocycles. The van der Waals surface area contributed by atoms with Crippen molar-refractivity contribution < 1.29 is 4.79 Å². The van der Waals surface area contributed by atoms with Gasteiger partial charge in [0.05, 0.1) is 13.2 Å². The number of nitrogens with one attached hydrogen (secondary N) is 1. The van der Waals surface area contributed by atoms with Crippen molar-refractivity contribution in [2.24, 2.45) is 0 Å². The van der Waals surface area contributed by atoms with Gasteiger partial charge < -0.3 is 0 Å². The van der Waals surface area contributed by atoms with Gasteiger partial charge in [0.1, 0.15) is 0 Å². The van der Waals surface area contributed by atoms with Crippen molar-refractivity contribution in [3.05, 3.63) is 28.2 Å². The van der Waals surface area contributed by atoms with Crippen LogP contribution in [0.3, 0.4) is 0 Å². The second kappa shape index (κ2) is 3.71. The zero-order chi connectivity index (χ0) is 10.1. The van der Waals surface area contributed by atoms with E-state index in [0.29, 0.717) is 13.2 Å². The molecule has 1 heterocycles. The first kappa shape index (κ1) is 9.68. The van der Waals surface area contributed by atoms with Gasteiger partial charge in [0.25, 0.3) is 0 Å². The van der Waals surface area contributed by atoms with Crippen LogP contribution in [0.15, 0.2) is 22.7 Å². The Balaban J connectivity index is 2.32. The van der Waals surface area contributed by atoms with E-state index in [1.54, 1.807) is 4.90 Å². The van der Waals surface area contributed by atoms with Gasteiger partial charge in [-0.25, -0.2) is 0 Å². The summed E-state index contributed by atoms with van der Waals surface area (Å²) < 4.78 is 1.07. The van der Waals surface area contributed by atoms with Gasteiger partial charge in [-0.05, 0) is 30.7 Å². The van der Waals surface area contributed by atoms with Crippen LogP contribution in [0, 0.1) is 6.92 Å². The third kappa shape index (κ3) is 1.67. The molecule has 1 aromatic carbocycles. The van der Waals surface area contributed by atoms with Crippen LogP contribution in [0.4, 0.5) is 5.69 Å². The number of aryl methyl sites for hydroxylation is 1. The lowest BCUT2D eigenvalue weighted by Gasteiger charge is -2.15. The zero-order valence-corrected chi connectivity index (χ0v) is 9.47. The first-order valence-electron chi connectivity index (χ1n) is 4.46. The average Bonchev–Trinajstić information content (AvgIpc) is 2.57. The molecule has 2 rings (SSSR count). The van der Waals surface area contributed by atoms with Crippen LogP contribution < -0.4 is 10.2 Å². The first-order valence-corrected chi connectivity index (χ1v) is 5.25. The van der Waals surface area contributed by atoms with E-state index in [1.165, 1.54) is 0 Å². The Morgan fingerprint density at radius 2 is 2.29 bits per heavy atom. The van der Waals surface area contributed by atoms with E-state index in [4.69, 9.17) is 0 Å². The van der Waals surface area contributed by atoms with Gasteiger partial charge in [0.2, 0.25) is 5.91 Å². The summed E-state index contributed by atoms with van der Waals surface area (Å²) in [5, 5.41) is 3.02. The van der Waals surface area contributed by atoms with Crippen LogP contribution in [0.1, 0.15) is 5.56 Å². The van der Waals surface area contributed by atoms with Gasteiger partial charge in [-0.1, -0.05) is 15.9 Å². The Morgan fingerprint density at radius 3 is 2.86 bits per heavy atom. The molecule has 1 N–H and O–H groups in total. The third-order valence-electron chi connectivity index (χ3n) is 2.30. The predicted octanol–water partition coefficient (Wildman–Crippen LogP) is 1.65. The van der Waals surface area contributed by atoms with Crippen molar-refractivity contribution in [3.8, 4) is 0 Å². The van der Waals surface area contributed by atoms with Crippen LogP contribution >= 0.6 is 15.9 Å². The summed E-state index contributed by atoms with van der Waals surface area (Å²) in [5.41, 5.74) is 2.10. The van der Waals surface area contributed by atoms with Crippen molar-refractivity contribution in [3.63, 3.8) is 0 Å². The van der Waals surface area contributed by atoms with E-state index in [9.17, 15) is 4.79 Å². The molecule has 4 heteroatoms. The maximum atomic E-state index is 11.4. The van der Waals surface area contributed by atoms with Crippen molar-refractivity contribution in [1.82, 2.24) is 5.32 Å². The fourth-order valence-corrected chi connectivity index (χ4v) is 1.74.